The lowest BCUT2D eigenvalue weighted by Gasteiger charge is -2.51. The zero-order valence-electron chi connectivity index (χ0n) is 12.8. The number of carbonyl (C=O) groups is 1. The first-order chi connectivity index (χ1) is 10.2. The van der Waals surface area contributed by atoms with Crippen LogP contribution in [0.1, 0.15) is 32.1 Å². The zero-order valence-corrected chi connectivity index (χ0v) is 12.8. The summed E-state index contributed by atoms with van der Waals surface area (Å²) in [6.07, 6.45) is 6.07. The highest BCUT2D eigenvalue weighted by Crippen LogP contribution is 2.45. The zero-order chi connectivity index (χ0) is 14.9. The number of nitrogens with zero attached hydrogens (tertiary/aromatic N) is 2. The average Bonchev–Trinajstić information content (AvgIpc) is 3.33. The Labute approximate surface area is 126 Å². The normalized spacial score (nSPS) is 29.8. The second kappa shape index (κ2) is 6.23. The molecule has 5 nitrogen and oxygen atoms in total. The van der Waals surface area contributed by atoms with Crippen molar-refractivity contribution in [2.75, 3.05) is 45.9 Å². The van der Waals surface area contributed by atoms with Crippen LogP contribution in [-0.4, -0.2) is 71.9 Å². The first-order valence-electron chi connectivity index (χ1n) is 8.39. The second-order valence-corrected chi connectivity index (χ2v) is 7.23. The first kappa shape index (κ1) is 15.3. The van der Waals surface area contributed by atoms with Crippen LogP contribution in [-0.2, 0) is 4.79 Å². The number of amides is 1. The molecule has 1 atom stereocenters. The lowest BCUT2D eigenvalue weighted by atomic mass is 9.64. The Morgan fingerprint density at radius 3 is 2.33 bits per heavy atom. The second-order valence-electron chi connectivity index (χ2n) is 7.23. The lowest BCUT2D eigenvalue weighted by Crippen LogP contribution is -2.55. The summed E-state index contributed by atoms with van der Waals surface area (Å²) in [5.74, 6) is 0.913. The van der Waals surface area contributed by atoms with Crippen molar-refractivity contribution in [1.29, 1.82) is 0 Å². The van der Waals surface area contributed by atoms with Gasteiger partial charge in [-0.15, -0.1) is 0 Å². The van der Waals surface area contributed by atoms with E-state index in [1.807, 2.05) is 0 Å². The van der Waals surface area contributed by atoms with Gasteiger partial charge >= 0.3 is 0 Å². The van der Waals surface area contributed by atoms with E-state index in [0.717, 1.165) is 44.8 Å². The summed E-state index contributed by atoms with van der Waals surface area (Å²) in [4.78, 5) is 16.0. The number of hydrogen-bond acceptors (Lipinski definition) is 4. The largest absolute Gasteiger partial charge is 0.396 e. The Kier molecular flexibility index (Phi) is 4.52. The van der Waals surface area contributed by atoms with Crippen LogP contribution >= 0.6 is 0 Å². The monoisotopic (exact) mass is 296 g/mol. The number of rotatable bonds is 4. The van der Waals surface area contributed by atoms with Crippen molar-refractivity contribution < 1.29 is 15.0 Å². The van der Waals surface area contributed by atoms with Crippen molar-refractivity contribution in [2.24, 2.45) is 17.3 Å². The van der Waals surface area contributed by atoms with Gasteiger partial charge in [0, 0.05) is 32.2 Å². The van der Waals surface area contributed by atoms with Crippen LogP contribution in [0.5, 0.6) is 0 Å². The van der Waals surface area contributed by atoms with Crippen molar-refractivity contribution in [1.82, 2.24) is 9.80 Å². The Bertz CT molecular complexity index is 376. The maximum Gasteiger partial charge on any atom is 0.248 e. The molecule has 2 N–H and O–H groups in total. The van der Waals surface area contributed by atoms with Crippen LogP contribution in [0.25, 0.3) is 0 Å². The average molecular weight is 296 g/mol. The number of piperidine rings is 2. The van der Waals surface area contributed by atoms with Gasteiger partial charge in [0.05, 0.1) is 0 Å². The van der Waals surface area contributed by atoms with E-state index in [2.05, 4.69) is 4.90 Å². The maximum atomic E-state index is 11.7. The third-order valence-corrected chi connectivity index (χ3v) is 5.96. The van der Waals surface area contributed by atoms with Crippen LogP contribution in [0.15, 0.2) is 0 Å². The fourth-order valence-corrected chi connectivity index (χ4v) is 4.20. The Hall–Kier alpha value is -0.650. The minimum Gasteiger partial charge on any atom is -0.396 e. The molecule has 0 unspecified atom stereocenters. The van der Waals surface area contributed by atoms with Crippen molar-refractivity contribution in [3.8, 4) is 0 Å². The molecule has 0 bridgehead atoms. The van der Waals surface area contributed by atoms with Gasteiger partial charge in [0.25, 0.3) is 0 Å². The summed E-state index contributed by atoms with van der Waals surface area (Å²) in [5, 5.41) is 18.8. The Balaban J connectivity index is 1.58. The van der Waals surface area contributed by atoms with E-state index < -0.39 is 6.61 Å². The molecule has 0 aromatic heterocycles. The van der Waals surface area contributed by atoms with Crippen molar-refractivity contribution in [3.05, 3.63) is 0 Å². The number of likely N-dealkylation sites (tertiary alicyclic amines) is 2. The van der Waals surface area contributed by atoms with Gasteiger partial charge in [-0.2, -0.15) is 0 Å². The quantitative estimate of drug-likeness (QED) is 0.784. The highest BCUT2D eigenvalue weighted by Gasteiger charge is 2.45. The van der Waals surface area contributed by atoms with Crippen LogP contribution in [0.3, 0.4) is 0 Å². The summed E-state index contributed by atoms with van der Waals surface area (Å²) in [6.45, 7) is 4.62. The molecule has 3 aliphatic rings. The van der Waals surface area contributed by atoms with Gasteiger partial charge < -0.3 is 20.0 Å². The lowest BCUT2D eigenvalue weighted by molar-refractivity contribution is -0.141. The summed E-state index contributed by atoms with van der Waals surface area (Å²) in [5.41, 5.74) is 0.209. The van der Waals surface area contributed by atoms with Crippen LogP contribution in [0.4, 0.5) is 0 Å². The molecule has 1 amide bonds. The van der Waals surface area contributed by atoms with Crippen molar-refractivity contribution in [3.63, 3.8) is 0 Å². The summed E-state index contributed by atoms with van der Waals surface area (Å²) in [7, 11) is 0. The fourth-order valence-electron chi connectivity index (χ4n) is 4.20. The molecule has 1 aliphatic carbocycles. The van der Waals surface area contributed by atoms with Gasteiger partial charge in [-0.25, -0.2) is 0 Å². The van der Waals surface area contributed by atoms with E-state index in [4.69, 9.17) is 5.11 Å². The Morgan fingerprint density at radius 1 is 1.10 bits per heavy atom. The summed E-state index contributed by atoms with van der Waals surface area (Å²) >= 11 is 0. The highest BCUT2D eigenvalue weighted by atomic mass is 16.3. The summed E-state index contributed by atoms with van der Waals surface area (Å²) in [6, 6.07) is 0. The maximum absolute atomic E-state index is 11.7. The third kappa shape index (κ3) is 3.25. The number of aliphatic hydroxyl groups excluding tert-OH is 2. The van der Waals surface area contributed by atoms with Crippen LogP contribution < -0.4 is 0 Å². The summed E-state index contributed by atoms with van der Waals surface area (Å²) < 4.78 is 0. The van der Waals surface area contributed by atoms with E-state index in [9.17, 15) is 9.90 Å². The van der Waals surface area contributed by atoms with Crippen molar-refractivity contribution in [2.45, 2.75) is 32.1 Å². The predicted molar refractivity (Wildman–Crippen MR) is 79.7 cm³/mol. The van der Waals surface area contributed by atoms with E-state index in [-0.39, 0.29) is 23.8 Å². The van der Waals surface area contributed by atoms with Gasteiger partial charge in [-0.3, -0.25) is 4.79 Å². The van der Waals surface area contributed by atoms with E-state index >= 15 is 0 Å². The number of carbonyl (C=O) groups excluding carboxylic acids is 1. The molecule has 1 saturated carbocycles. The molecule has 2 aliphatic heterocycles. The minimum absolute atomic E-state index is 0.151. The topological polar surface area (TPSA) is 64.0 Å². The molecule has 0 aromatic carbocycles. The molecule has 3 fully saturated rings. The molecule has 1 spiro atoms. The molecular formula is C16H28N2O3. The predicted octanol–water partition coefficient (Wildman–Crippen LogP) is 0.312. The standard InChI is InChI=1S/C16H28N2O3/c19-11-14-10-18(15(21)12-20)8-5-16(14)3-6-17(7-4-16)9-13-1-2-13/h13-14,19-20H,1-12H2/t14-/m1/s1. The van der Waals surface area contributed by atoms with E-state index in [1.165, 1.54) is 19.4 Å². The molecule has 21 heavy (non-hydrogen) atoms. The smallest absolute Gasteiger partial charge is 0.248 e. The van der Waals surface area contributed by atoms with Crippen LogP contribution in [0.2, 0.25) is 0 Å². The molecule has 2 heterocycles. The fraction of sp³-hybridized carbons (Fsp3) is 0.938. The SMILES string of the molecule is O=C(CO)N1CCC2(CCN(CC3CC3)CC2)[C@@H](CO)C1. The van der Waals surface area contributed by atoms with Gasteiger partial charge in [0.1, 0.15) is 6.61 Å². The molecule has 120 valence electrons. The molecule has 5 heteroatoms. The third-order valence-electron chi connectivity index (χ3n) is 5.96. The Morgan fingerprint density at radius 2 is 1.76 bits per heavy atom. The van der Waals surface area contributed by atoms with Gasteiger partial charge in [0.2, 0.25) is 5.91 Å². The van der Waals surface area contributed by atoms with Gasteiger partial charge in [-0.1, -0.05) is 0 Å². The molecule has 0 aromatic rings. The molecular weight excluding hydrogens is 268 g/mol. The van der Waals surface area contributed by atoms with E-state index in [0.29, 0.717) is 6.54 Å². The van der Waals surface area contributed by atoms with Crippen molar-refractivity contribution >= 4 is 5.91 Å². The van der Waals surface area contributed by atoms with Gasteiger partial charge in [-0.05, 0) is 56.5 Å². The number of hydrogen-bond donors (Lipinski definition) is 2. The molecule has 3 rings (SSSR count). The minimum atomic E-state index is -0.416. The van der Waals surface area contributed by atoms with E-state index in [1.54, 1.807) is 4.90 Å². The number of aliphatic hydroxyl groups is 2. The van der Waals surface area contributed by atoms with Crippen LogP contribution in [0, 0.1) is 17.3 Å². The first-order valence-corrected chi connectivity index (χ1v) is 8.39. The molecule has 0 radical (unpaired) electrons. The molecule has 2 saturated heterocycles. The van der Waals surface area contributed by atoms with Gasteiger partial charge in [0.15, 0.2) is 0 Å². The highest BCUT2D eigenvalue weighted by molar-refractivity contribution is 5.77.